The molecule has 3 aromatic carbocycles. The number of aryl methyl sites for hydroxylation is 1. The van der Waals surface area contributed by atoms with Gasteiger partial charge in [-0.15, -0.1) is 11.8 Å². The maximum Gasteiger partial charge on any atom is 0.324 e. The van der Waals surface area contributed by atoms with Crippen molar-refractivity contribution in [3.05, 3.63) is 87.6 Å². The Kier molecular flexibility index (Phi) is 11.5. The standard InChI is InChI=1S/C27H25Cl2NO2S.C2H6N2OS/c1-16(2)27-21(26(30-32-27)25-22(28)6-5-7-23(25)29)15-31-20-12-10-18(11-13-20)19-9-8-17(3)24(14-19)33-4;1-3-2(5)4-6/h5-14,16H,15H2,1-4H3;6H,1H3,(H2,3,4,5). The smallest absolute Gasteiger partial charge is 0.324 e. The summed E-state index contributed by atoms with van der Waals surface area (Å²) in [6, 6.07) is 19.8. The summed E-state index contributed by atoms with van der Waals surface area (Å²) in [6.45, 7) is 6.55. The first kappa shape index (κ1) is 30.8. The van der Waals surface area contributed by atoms with Crippen LogP contribution in [0.1, 0.15) is 36.7 Å². The average Bonchev–Trinajstić information content (AvgIpc) is 3.36. The van der Waals surface area contributed by atoms with E-state index >= 15 is 0 Å². The normalized spacial score (nSPS) is 10.6. The van der Waals surface area contributed by atoms with Gasteiger partial charge in [0.15, 0.2) is 0 Å². The summed E-state index contributed by atoms with van der Waals surface area (Å²) in [7, 11) is 1.52. The first-order valence-corrected chi connectivity index (χ1v) is 14.5. The molecule has 1 aromatic heterocycles. The minimum absolute atomic E-state index is 0.139. The van der Waals surface area contributed by atoms with Crippen LogP contribution in [0.5, 0.6) is 5.75 Å². The zero-order chi connectivity index (χ0) is 28.5. The second-order valence-electron chi connectivity index (χ2n) is 8.81. The topological polar surface area (TPSA) is 76.4 Å². The predicted molar refractivity (Wildman–Crippen MR) is 165 cm³/mol. The van der Waals surface area contributed by atoms with E-state index in [4.69, 9.17) is 32.5 Å². The number of rotatable bonds is 7. The minimum Gasteiger partial charge on any atom is -0.489 e. The maximum absolute atomic E-state index is 9.88. The van der Waals surface area contributed by atoms with Crippen molar-refractivity contribution < 1.29 is 14.1 Å². The average molecular weight is 605 g/mol. The number of halogens is 2. The molecule has 0 bridgehead atoms. The Bertz CT molecular complexity index is 1380. The Balaban J connectivity index is 0.000000631. The van der Waals surface area contributed by atoms with Gasteiger partial charge in [0.1, 0.15) is 23.8 Å². The number of benzene rings is 3. The molecule has 10 heteroatoms. The Morgan fingerprint density at radius 3 is 2.26 bits per heavy atom. The van der Waals surface area contributed by atoms with Gasteiger partial charge in [-0.3, -0.25) is 4.72 Å². The first-order chi connectivity index (χ1) is 18.7. The van der Waals surface area contributed by atoms with E-state index in [1.807, 2.05) is 18.2 Å². The van der Waals surface area contributed by atoms with Gasteiger partial charge in [0, 0.05) is 23.4 Å². The minimum atomic E-state index is -0.293. The molecular weight excluding hydrogens is 573 g/mol. The summed E-state index contributed by atoms with van der Waals surface area (Å²) in [4.78, 5) is 11.2. The van der Waals surface area contributed by atoms with Gasteiger partial charge in [0.25, 0.3) is 0 Å². The van der Waals surface area contributed by atoms with Gasteiger partial charge < -0.3 is 14.6 Å². The number of thioether (sulfide) groups is 1. The SMILES string of the molecule is CNC(=O)NS.CSc1cc(-c2ccc(OCc3c(-c4c(Cl)cccc4Cl)noc3C(C)C)cc2)ccc1C. The number of carbonyl (C=O) groups excluding carboxylic acids is 1. The van der Waals surface area contributed by atoms with Crippen LogP contribution in [0, 0.1) is 6.92 Å². The molecule has 0 aliphatic heterocycles. The van der Waals surface area contributed by atoms with Crippen molar-refractivity contribution in [1.29, 1.82) is 0 Å². The van der Waals surface area contributed by atoms with Crippen molar-refractivity contribution in [2.24, 2.45) is 0 Å². The molecule has 0 unspecified atom stereocenters. The number of urea groups is 1. The predicted octanol–water partition coefficient (Wildman–Crippen LogP) is 8.81. The maximum atomic E-state index is 9.88. The Morgan fingerprint density at radius 2 is 1.72 bits per heavy atom. The highest BCUT2D eigenvalue weighted by atomic mass is 35.5. The summed E-state index contributed by atoms with van der Waals surface area (Å²) in [5, 5.41) is 7.64. The van der Waals surface area contributed by atoms with Gasteiger partial charge in [0.05, 0.1) is 15.6 Å². The van der Waals surface area contributed by atoms with Crippen LogP contribution in [-0.4, -0.2) is 24.5 Å². The number of aromatic nitrogens is 1. The highest BCUT2D eigenvalue weighted by Crippen LogP contribution is 2.39. The fraction of sp³-hybridized carbons (Fsp3) is 0.241. The molecule has 4 rings (SSSR count). The highest BCUT2D eigenvalue weighted by Gasteiger charge is 2.23. The zero-order valence-electron chi connectivity index (χ0n) is 22.3. The van der Waals surface area contributed by atoms with Crippen molar-refractivity contribution >= 4 is 53.8 Å². The van der Waals surface area contributed by atoms with E-state index in [2.05, 4.69) is 85.4 Å². The van der Waals surface area contributed by atoms with E-state index in [1.165, 1.54) is 23.1 Å². The largest absolute Gasteiger partial charge is 0.489 e. The molecule has 2 N–H and O–H groups in total. The van der Waals surface area contributed by atoms with Crippen molar-refractivity contribution in [1.82, 2.24) is 15.2 Å². The van der Waals surface area contributed by atoms with Crippen molar-refractivity contribution in [2.75, 3.05) is 13.3 Å². The van der Waals surface area contributed by atoms with Gasteiger partial charge in [0.2, 0.25) is 0 Å². The molecule has 2 amide bonds. The molecular formula is C29H31Cl2N3O3S2. The van der Waals surface area contributed by atoms with E-state index in [9.17, 15) is 4.79 Å². The van der Waals surface area contributed by atoms with Crippen molar-refractivity contribution in [3.8, 4) is 28.1 Å². The number of amides is 2. The second-order valence-corrected chi connectivity index (χ2v) is 10.7. The third kappa shape index (κ3) is 7.88. The highest BCUT2D eigenvalue weighted by molar-refractivity contribution is 7.98. The van der Waals surface area contributed by atoms with Crippen molar-refractivity contribution in [2.45, 2.75) is 38.2 Å². The lowest BCUT2D eigenvalue weighted by Crippen LogP contribution is -2.25. The van der Waals surface area contributed by atoms with Crippen molar-refractivity contribution in [3.63, 3.8) is 0 Å². The van der Waals surface area contributed by atoms with E-state index in [0.29, 0.717) is 27.9 Å². The summed E-state index contributed by atoms with van der Waals surface area (Å²) in [6.07, 6.45) is 2.10. The molecule has 0 aliphatic carbocycles. The molecule has 0 atom stereocenters. The molecule has 206 valence electrons. The lowest BCUT2D eigenvalue weighted by atomic mass is 10.0. The lowest BCUT2D eigenvalue weighted by Gasteiger charge is -2.11. The van der Waals surface area contributed by atoms with E-state index in [1.54, 1.807) is 23.9 Å². The van der Waals surface area contributed by atoms with Gasteiger partial charge >= 0.3 is 6.03 Å². The Morgan fingerprint density at radius 1 is 1.08 bits per heavy atom. The van der Waals surface area contributed by atoms with Gasteiger partial charge in [-0.2, -0.15) is 0 Å². The van der Waals surface area contributed by atoms with Gasteiger partial charge in [-0.05, 0) is 60.2 Å². The molecule has 6 nitrogen and oxygen atoms in total. The quantitative estimate of drug-likeness (QED) is 0.145. The fourth-order valence-corrected chi connectivity index (χ4v) is 5.11. The molecule has 0 radical (unpaired) electrons. The van der Waals surface area contributed by atoms with Crippen LogP contribution in [-0.2, 0) is 6.61 Å². The molecule has 1 heterocycles. The van der Waals surface area contributed by atoms with Crippen LogP contribution in [0.15, 0.2) is 70.1 Å². The molecule has 4 aromatic rings. The third-order valence-corrected chi connectivity index (χ3v) is 7.56. The van der Waals surface area contributed by atoms with E-state index in [0.717, 1.165) is 22.6 Å². The molecule has 0 saturated carbocycles. The lowest BCUT2D eigenvalue weighted by molar-refractivity contribution is 0.248. The Labute approximate surface area is 249 Å². The molecule has 0 saturated heterocycles. The van der Waals surface area contributed by atoms with Gasteiger partial charge in [-0.1, -0.05) is 85.4 Å². The van der Waals surface area contributed by atoms with Crippen LogP contribution in [0.2, 0.25) is 10.0 Å². The Hall–Kier alpha value is -2.78. The van der Waals surface area contributed by atoms with E-state index < -0.39 is 0 Å². The molecule has 39 heavy (non-hydrogen) atoms. The monoisotopic (exact) mass is 603 g/mol. The van der Waals surface area contributed by atoms with Crippen LogP contribution in [0.25, 0.3) is 22.4 Å². The zero-order valence-corrected chi connectivity index (χ0v) is 25.6. The van der Waals surface area contributed by atoms with Gasteiger partial charge in [-0.25, -0.2) is 4.79 Å². The molecule has 0 spiro atoms. The number of thiol groups is 1. The molecule has 0 fully saturated rings. The van der Waals surface area contributed by atoms with Crippen LogP contribution < -0.4 is 14.8 Å². The number of carbonyl (C=O) groups is 1. The summed E-state index contributed by atoms with van der Waals surface area (Å²) in [5.74, 6) is 1.67. The van der Waals surface area contributed by atoms with Crippen LogP contribution in [0.4, 0.5) is 4.79 Å². The number of nitrogens with zero attached hydrogens (tertiary/aromatic N) is 1. The third-order valence-electron chi connectivity index (χ3n) is 5.85. The van der Waals surface area contributed by atoms with Crippen LogP contribution >= 0.6 is 47.8 Å². The fourth-order valence-electron chi connectivity index (χ4n) is 3.79. The number of ether oxygens (including phenoxy) is 1. The van der Waals surface area contributed by atoms with Crippen LogP contribution in [0.3, 0.4) is 0 Å². The second kappa shape index (κ2) is 14.6. The summed E-state index contributed by atoms with van der Waals surface area (Å²) in [5.41, 5.74) is 5.76. The summed E-state index contributed by atoms with van der Waals surface area (Å²) < 4.78 is 13.9. The first-order valence-electron chi connectivity index (χ1n) is 12.1. The summed E-state index contributed by atoms with van der Waals surface area (Å²) >= 11 is 18.1. The van der Waals surface area contributed by atoms with E-state index in [-0.39, 0.29) is 11.9 Å². The molecule has 0 aliphatic rings. The number of hydrogen-bond acceptors (Lipinski definition) is 6. The number of nitrogens with one attached hydrogen (secondary N) is 2. The number of hydrogen-bond donors (Lipinski definition) is 3.